The van der Waals surface area contributed by atoms with Crippen LogP contribution in [0.15, 0.2) is 10.7 Å². The summed E-state index contributed by atoms with van der Waals surface area (Å²) < 4.78 is 0.767. The first kappa shape index (κ1) is 14.2. The lowest BCUT2D eigenvalue weighted by Crippen LogP contribution is -2.42. The van der Waals surface area contributed by atoms with E-state index in [2.05, 4.69) is 50.0 Å². The fourth-order valence-corrected chi connectivity index (χ4v) is 2.69. The summed E-state index contributed by atoms with van der Waals surface area (Å²) in [6.45, 7) is 4.98. The first-order valence-corrected chi connectivity index (χ1v) is 7.35. The maximum Gasteiger partial charge on any atom is 0.242 e. The van der Waals surface area contributed by atoms with E-state index < -0.39 is 0 Å². The summed E-state index contributed by atoms with van der Waals surface area (Å²) in [7, 11) is 1.67. The van der Waals surface area contributed by atoms with Crippen molar-refractivity contribution in [2.75, 3.05) is 18.5 Å². The topological polar surface area (TPSA) is 58.1 Å². The predicted molar refractivity (Wildman–Crippen MR) is 78.3 cm³/mol. The van der Waals surface area contributed by atoms with Crippen molar-refractivity contribution in [1.82, 2.24) is 15.3 Å². The maximum absolute atomic E-state index is 11.9. The molecule has 104 valence electrons. The van der Waals surface area contributed by atoms with Crippen molar-refractivity contribution < 1.29 is 4.79 Å². The number of likely N-dealkylation sites (N-methyl/N-ethyl adjacent to an activating group) is 1. The van der Waals surface area contributed by atoms with Crippen molar-refractivity contribution in [2.45, 2.75) is 38.6 Å². The van der Waals surface area contributed by atoms with Gasteiger partial charge < -0.3 is 10.2 Å². The smallest absolute Gasteiger partial charge is 0.242 e. The molecule has 1 aliphatic rings. The number of carbonyl (C=O) groups excluding carboxylic acids is 1. The van der Waals surface area contributed by atoms with Gasteiger partial charge in [0, 0.05) is 25.6 Å². The van der Waals surface area contributed by atoms with Crippen molar-refractivity contribution >= 4 is 27.7 Å². The molecular weight excluding hydrogens is 308 g/mol. The van der Waals surface area contributed by atoms with Crippen molar-refractivity contribution in [2.24, 2.45) is 0 Å². The van der Waals surface area contributed by atoms with E-state index in [0.717, 1.165) is 35.6 Å². The minimum absolute atomic E-state index is 0.0540. The van der Waals surface area contributed by atoms with Gasteiger partial charge in [0.2, 0.25) is 5.91 Å². The molecule has 1 saturated heterocycles. The van der Waals surface area contributed by atoms with Crippen LogP contribution in [-0.2, 0) is 4.79 Å². The summed E-state index contributed by atoms with van der Waals surface area (Å²) in [6.07, 6.45) is 1.88. The van der Waals surface area contributed by atoms with E-state index >= 15 is 0 Å². The van der Waals surface area contributed by atoms with Crippen molar-refractivity contribution in [1.29, 1.82) is 0 Å². The highest BCUT2D eigenvalue weighted by Crippen LogP contribution is 2.27. The van der Waals surface area contributed by atoms with Gasteiger partial charge in [0.25, 0.3) is 0 Å². The predicted octanol–water partition coefficient (Wildman–Crippen LogP) is 2.08. The van der Waals surface area contributed by atoms with Crippen LogP contribution in [0.5, 0.6) is 0 Å². The molecule has 1 unspecified atom stereocenters. The molecule has 5 nitrogen and oxygen atoms in total. The molecule has 0 saturated carbocycles. The van der Waals surface area contributed by atoms with Gasteiger partial charge in [-0.25, -0.2) is 9.97 Å². The van der Waals surface area contributed by atoms with E-state index in [9.17, 15) is 4.79 Å². The molecule has 0 bridgehead atoms. The van der Waals surface area contributed by atoms with Crippen LogP contribution >= 0.6 is 15.9 Å². The fourth-order valence-electron chi connectivity index (χ4n) is 2.31. The van der Waals surface area contributed by atoms with Crippen LogP contribution in [0.4, 0.5) is 5.82 Å². The summed E-state index contributed by atoms with van der Waals surface area (Å²) in [5.74, 6) is 1.94. The molecule has 1 amide bonds. The Labute approximate surface area is 121 Å². The van der Waals surface area contributed by atoms with E-state index in [0.29, 0.717) is 0 Å². The number of anilines is 1. The fraction of sp³-hybridized carbons (Fsp3) is 0.615. The summed E-state index contributed by atoms with van der Waals surface area (Å²) in [5.41, 5.74) is 0. The molecule has 1 aliphatic heterocycles. The number of amides is 1. The SMILES string of the molecule is CNC(=O)C1CCCN1c1cc(Br)nc(C(C)C)n1. The van der Waals surface area contributed by atoms with Crippen LogP contribution in [0.2, 0.25) is 0 Å². The zero-order valence-electron chi connectivity index (χ0n) is 11.5. The number of nitrogens with one attached hydrogen (secondary N) is 1. The Kier molecular flexibility index (Phi) is 4.39. The Balaban J connectivity index is 2.32. The molecule has 1 fully saturated rings. The summed E-state index contributed by atoms with van der Waals surface area (Å²) in [5, 5.41) is 2.72. The van der Waals surface area contributed by atoms with Gasteiger partial charge in [-0.15, -0.1) is 0 Å². The second-order valence-electron chi connectivity index (χ2n) is 5.03. The monoisotopic (exact) mass is 326 g/mol. The first-order chi connectivity index (χ1) is 9.02. The quantitative estimate of drug-likeness (QED) is 0.864. The molecular formula is C13H19BrN4O. The molecule has 1 N–H and O–H groups in total. The third-order valence-electron chi connectivity index (χ3n) is 3.31. The second-order valence-corrected chi connectivity index (χ2v) is 5.84. The van der Waals surface area contributed by atoms with Crippen molar-refractivity contribution in [3.05, 3.63) is 16.5 Å². The van der Waals surface area contributed by atoms with Crippen molar-refractivity contribution in [3.8, 4) is 0 Å². The Morgan fingerprint density at radius 2 is 2.26 bits per heavy atom. The minimum atomic E-state index is -0.119. The van der Waals surface area contributed by atoms with Gasteiger partial charge in [0.1, 0.15) is 22.3 Å². The largest absolute Gasteiger partial charge is 0.357 e. The molecule has 1 atom stereocenters. The summed E-state index contributed by atoms with van der Waals surface area (Å²) >= 11 is 3.42. The number of hydrogen-bond acceptors (Lipinski definition) is 4. The zero-order valence-corrected chi connectivity index (χ0v) is 13.1. The molecule has 2 heterocycles. The highest BCUT2D eigenvalue weighted by atomic mass is 79.9. The number of aromatic nitrogens is 2. The summed E-state index contributed by atoms with van der Waals surface area (Å²) in [6, 6.07) is 1.76. The molecule has 6 heteroatoms. The standard InChI is InChI=1S/C13H19BrN4O/c1-8(2)12-16-10(14)7-11(17-12)18-6-4-5-9(18)13(19)15-3/h7-9H,4-6H2,1-3H3,(H,15,19). The Morgan fingerprint density at radius 3 is 2.89 bits per heavy atom. The average Bonchev–Trinajstić information content (AvgIpc) is 2.86. The number of carbonyl (C=O) groups is 1. The lowest BCUT2D eigenvalue weighted by molar-refractivity contribution is -0.121. The number of halogens is 1. The molecule has 0 spiro atoms. The third kappa shape index (κ3) is 3.05. The van der Waals surface area contributed by atoms with Crippen LogP contribution in [0.1, 0.15) is 38.4 Å². The van der Waals surface area contributed by atoms with Crippen LogP contribution in [-0.4, -0.2) is 35.5 Å². The lowest BCUT2D eigenvalue weighted by Gasteiger charge is -2.25. The van der Waals surface area contributed by atoms with Gasteiger partial charge in [0.15, 0.2) is 0 Å². The molecule has 0 radical (unpaired) electrons. The number of nitrogens with zero attached hydrogens (tertiary/aromatic N) is 3. The average molecular weight is 327 g/mol. The normalized spacial score (nSPS) is 19.0. The highest BCUT2D eigenvalue weighted by Gasteiger charge is 2.31. The van der Waals surface area contributed by atoms with Crippen LogP contribution < -0.4 is 10.2 Å². The van der Waals surface area contributed by atoms with Gasteiger partial charge >= 0.3 is 0 Å². The lowest BCUT2D eigenvalue weighted by atomic mass is 10.2. The van der Waals surface area contributed by atoms with Gasteiger partial charge in [-0.2, -0.15) is 0 Å². The van der Waals surface area contributed by atoms with Crippen LogP contribution in [0.25, 0.3) is 0 Å². The molecule has 2 rings (SSSR count). The highest BCUT2D eigenvalue weighted by molar-refractivity contribution is 9.10. The van der Waals surface area contributed by atoms with E-state index in [1.807, 2.05) is 6.07 Å². The maximum atomic E-state index is 11.9. The number of hydrogen-bond donors (Lipinski definition) is 1. The van der Waals surface area contributed by atoms with E-state index in [1.165, 1.54) is 0 Å². The Morgan fingerprint density at radius 1 is 1.53 bits per heavy atom. The zero-order chi connectivity index (χ0) is 14.0. The summed E-state index contributed by atoms with van der Waals surface area (Å²) in [4.78, 5) is 22.9. The van der Waals surface area contributed by atoms with Gasteiger partial charge in [-0.3, -0.25) is 4.79 Å². The third-order valence-corrected chi connectivity index (χ3v) is 3.72. The van der Waals surface area contributed by atoms with E-state index in [4.69, 9.17) is 0 Å². The second kappa shape index (κ2) is 5.86. The molecule has 19 heavy (non-hydrogen) atoms. The Bertz CT molecular complexity index is 478. The first-order valence-electron chi connectivity index (χ1n) is 6.55. The number of rotatable bonds is 3. The van der Waals surface area contributed by atoms with Crippen LogP contribution in [0, 0.1) is 0 Å². The van der Waals surface area contributed by atoms with Gasteiger partial charge in [0.05, 0.1) is 0 Å². The Hall–Kier alpha value is -1.17. The van der Waals surface area contributed by atoms with Gasteiger partial charge in [-0.1, -0.05) is 13.8 Å². The van der Waals surface area contributed by atoms with E-state index in [1.54, 1.807) is 7.05 Å². The molecule has 0 aliphatic carbocycles. The molecule has 0 aromatic carbocycles. The molecule has 1 aromatic rings. The molecule has 1 aromatic heterocycles. The van der Waals surface area contributed by atoms with E-state index in [-0.39, 0.29) is 17.9 Å². The minimum Gasteiger partial charge on any atom is -0.357 e. The van der Waals surface area contributed by atoms with Gasteiger partial charge in [-0.05, 0) is 28.8 Å². The van der Waals surface area contributed by atoms with Crippen LogP contribution in [0.3, 0.4) is 0 Å². The van der Waals surface area contributed by atoms with Crippen molar-refractivity contribution in [3.63, 3.8) is 0 Å².